The molecule has 3 nitrogen and oxygen atoms in total. The number of nitrogens with one attached hydrogen (secondary N) is 1. The minimum atomic E-state index is 0.805. The first-order chi connectivity index (χ1) is 8.28. The molecule has 94 valence electrons. The van der Waals surface area contributed by atoms with Gasteiger partial charge in [-0.25, -0.2) is 0 Å². The Morgan fingerprint density at radius 3 is 2.76 bits per heavy atom. The molecule has 0 atom stereocenters. The van der Waals surface area contributed by atoms with Gasteiger partial charge in [0.15, 0.2) is 0 Å². The van der Waals surface area contributed by atoms with Crippen molar-refractivity contribution >= 4 is 11.4 Å². The first-order valence-electron chi connectivity index (χ1n) is 6.59. The maximum atomic E-state index is 5.76. The van der Waals surface area contributed by atoms with Gasteiger partial charge in [-0.05, 0) is 56.6 Å². The molecule has 0 unspecified atom stereocenters. The monoisotopic (exact) mass is 233 g/mol. The summed E-state index contributed by atoms with van der Waals surface area (Å²) in [6.45, 7) is 7.00. The fourth-order valence-corrected chi connectivity index (χ4v) is 2.42. The molecule has 17 heavy (non-hydrogen) atoms. The lowest BCUT2D eigenvalue weighted by Crippen LogP contribution is -2.35. The SMILES string of the molecule is CCN1CCC(CNc2cccc(N)c2)CC1. The van der Waals surface area contributed by atoms with E-state index in [1.807, 2.05) is 18.2 Å². The van der Waals surface area contributed by atoms with E-state index in [-0.39, 0.29) is 0 Å². The van der Waals surface area contributed by atoms with Gasteiger partial charge in [0.1, 0.15) is 0 Å². The van der Waals surface area contributed by atoms with Gasteiger partial charge in [-0.2, -0.15) is 0 Å². The highest BCUT2D eigenvalue weighted by molar-refractivity contribution is 5.54. The van der Waals surface area contributed by atoms with E-state index in [9.17, 15) is 0 Å². The third kappa shape index (κ3) is 3.63. The van der Waals surface area contributed by atoms with E-state index >= 15 is 0 Å². The van der Waals surface area contributed by atoms with Gasteiger partial charge in [-0.15, -0.1) is 0 Å². The summed E-state index contributed by atoms with van der Waals surface area (Å²) in [5.74, 6) is 0.805. The maximum Gasteiger partial charge on any atom is 0.0360 e. The lowest BCUT2D eigenvalue weighted by atomic mass is 9.97. The van der Waals surface area contributed by atoms with Crippen LogP contribution >= 0.6 is 0 Å². The molecule has 0 aromatic heterocycles. The smallest absolute Gasteiger partial charge is 0.0360 e. The minimum absolute atomic E-state index is 0.805. The Morgan fingerprint density at radius 2 is 2.12 bits per heavy atom. The van der Waals surface area contributed by atoms with Crippen LogP contribution < -0.4 is 11.1 Å². The molecule has 0 amide bonds. The summed E-state index contributed by atoms with van der Waals surface area (Å²) in [6.07, 6.45) is 2.62. The Hall–Kier alpha value is -1.22. The van der Waals surface area contributed by atoms with Gasteiger partial charge < -0.3 is 16.0 Å². The molecule has 0 saturated carbocycles. The molecule has 1 aliphatic rings. The number of nitrogens with two attached hydrogens (primary N) is 1. The van der Waals surface area contributed by atoms with Crippen LogP contribution in [0.2, 0.25) is 0 Å². The topological polar surface area (TPSA) is 41.3 Å². The number of benzene rings is 1. The second-order valence-electron chi connectivity index (χ2n) is 4.88. The standard InChI is InChI=1S/C14H23N3/c1-2-17-8-6-12(7-9-17)11-16-14-5-3-4-13(15)10-14/h3-5,10,12,16H,2,6-9,11,15H2,1H3. The Morgan fingerprint density at radius 1 is 1.35 bits per heavy atom. The predicted molar refractivity (Wildman–Crippen MR) is 74.2 cm³/mol. The second kappa shape index (κ2) is 5.92. The maximum absolute atomic E-state index is 5.76. The van der Waals surface area contributed by atoms with E-state index in [0.717, 1.165) is 23.8 Å². The van der Waals surface area contributed by atoms with E-state index in [1.54, 1.807) is 0 Å². The quantitative estimate of drug-likeness (QED) is 0.785. The molecule has 1 aliphatic heterocycles. The normalized spacial score (nSPS) is 18.2. The Kier molecular flexibility index (Phi) is 4.26. The van der Waals surface area contributed by atoms with E-state index in [0.29, 0.717) is 0 Å². The molecule has 3 N–H and O–H groups in total. The van der Waals surface area contributed by atoms with Crippen molar-refractivity contribution in [3.63, 3.8) is 0 Å². The van der Waals surface area contributed by atoms with Crippen LogP contribution in [0.1, 0.15) is 19.8 Å². The molecule has 0 radical (unpaired) electrons. The zero-order valence-electron chi connectivity index (χ0n) is 10.7. The summed E-state index contributed by atoms with van der Waals surface area (Å²) in [5, 5.41) is 3.49. The van der Waals surface area contributed by atoms with Crippen LogP contribution in [0.25, 0.3) is 0 Å². The molecule has 0 bridgehead atoms. The fraction of sp³-hybridized carbons (Fsp3) is 0.571. The van der Waals surface area contributed by atoms with Gasteiger partial charge in [0, 0.05) is 17.9 Å². The van der Waals surface area contributed by atoms with E-state index < -0.39 is 0 Å². The number of likely N-dealkylation sites (tertiary alicyclic amines) is 1. The Balaban J connectivity index is 1.76. The zero-order valence-corrected chi connectivity index (χ0v) is 10.7. The van der Waals surface area contributed by atoms with Crippen LogP contribution in [0.3, 0.4) is 0 Å². The van der Waals surface area contributed by atoms with Crippen LogP contribution in [0.15, 0.2) is 24.3 Å². The summed E-state index contributed by atoms with van der Waals surface area (Å²) in [4.78, 5) is 2.52. The van der Waals surface area contributed by atoms with Crippen molar-refractivity contribution in [3.05, 3.63) is 24.3 Å². The van der Waals surface area contributed by atoms with Crippen molar-refractivity contribution < 1.29 is 0 Å². The summed E-state index contributed by atoms with van der Waals surface area (Å²) in [5.41, 5.74) is 7.73. The number of rotatable bonds is 4. The van der Waals surface area contributed by atoms with Gasteiger partial charge in [0.25, 0.3) is 0 Å². The Labute approximate surface area is 104 Å². The summed E-state index contributed by atoms with van der Waals surface area (Å²) in [6, 6.07) is 8.00. The fourth-order valence-electron chi connectivity index (χ4n) is 2.42. The first-order valence-corrected chi connectivity index (χ1v) is 6.59. The molecule has 1 aromatic carbocycles. The highest BCUT2D eigenvalue weighted by Crippen LogP contribution is 2.18. The number of hydrogen-bond acceptors (Lipinski definition) is 3. The van der Waals surface area contributed by atoms with E-state index in [2.05, 4.69) is 23.2 Å². The van der Waals surface area contributed by atoms with Crippen molar-refractivity contribution in [2.24, 2.45) is 5.92 Å². The summed E-state index contributed by atoms with van der Waals surface area (Å²) < 4.78 is 0. The van der Waals surface area contributed by atoms with Gasteiger partial charge in [0.05, 0.1) is 0 Å². The lowest BCUT2D eigenvalue weighted by Gasteiger charge is -2.31. The molecule has 1 fully saturated rings. The number of nitrogens with zero attached hydrogens (tertiary/aromatic N) is 1. The lowest BCUT2D eigenvalue weighted by molar-refractivity contribution is 0.198. The zero-order chi connectivity index (χ0) is 12.1. The van der Waals surface area contributed by atoms with Crippen LogP contribution in [-0.4, -0.2) is 31.1 Å². The molecular weight excluding hydrogens is 210 g/mol. The third-order valence-electron chi connectivity index (χ3n) is 3.64. The largest absolute Gasteiger partial charge is 0.399 e. The molecule has 1 heterocycles. The second-order valence-corrected chi connectivity index (χ2v) is 4.88. The van der Waals surface area contributed by atoms with Crippen molar-refractivity contribution in [2.75, 3.05) is 37.2 Å². The molecule has 1 aromatic rings. The van der Waals surface area contributed by atoms with Crippen molar-refractivity contribution in [3.8, 4) is 0 Å². The molecule has 0 aliphatic carbocycles. The summed E-state index contributed by atoms with van der Waals surface area (Å²) >= 11 is 0. The molecule has 3 heteroatoms. The highest BCUT2D eigenvalue weighted by atomic mass is 15.1. The van der Waals surface area contributed by atoms with Gasteiger partial charge in [0.2, 0.25) is 0 Å². The molecule has 0 spiro atoms. The number of hydrogen-bond donors (Lipinski definition) is 2. The van der Waals surface area contributed by atoms with Gasteiger partial charge in [-0.3, -0.25) is 0 Å². The van der Waals surface area contributed by atoms with Crippen molar-refractivity contribution in [2.45, 2.75) is 19.8 Å². The number of anilines is 2. The van der Waals surface area contributed by atoms with Crippen LogP contribution in [0.5, 0.6) is 0 Å². The molecule has 2 rings (SSSR count). The van der Waals surface area contributed by atoms with Crippen LogP contribution in [0.4, 0.5) is 11.4 Å². The van der Waals surface area contributed by atoms with Crippen LogP contribution in [0, 0.1) is 5.92 Å². The number of nitrogen functional groups attached to an aromatic ring is 1. The highest BCUT2D eigenvalue weighted by Gasteiger charge is 2.17. The minimum Gasteiger partial charge on any atom is -0.399 e. The van der Waals surface area contributed by atoms with Gasteiger partial charge in [-0.1, -0.05) is 13.0 Å². The average Bonchev–Trinajstić information content (AvgIpc) is 2.37. The number of piperidine rings is 1. The molecule has 1 saturated heterocycles. The van der Waals surface area contributed by atoms with Crippen molar-refractivity contribution in [1.29, 1.82) is 0 Å². The molecular formula is C14H23N3. The summed E-state index contributed by atoms with van der Waals surface area (Å²) in [7, 11) is 0. The average molecular weight is 233 g/mol. The third-order valence-corrected chi connectivity index (χ3v) is 3.64. The van der Waals surface area contributed by atoms with E-state index in [1.165, 1.54) is 32.5 Å². The predicted octanol–water partition coefficient (Wildman–Crippen LogP) is 2.41. The van der Waals surface area contributed by atoms with Crippen molar-refractivity contribution in [1.82, 2.24) is 4.90 Å². The van der Waals surface area contributed by atoms with Crippen LogP contribution in [-0.2, 0) is 0 Å². The van der Waals surface area contributed by atoms with E-state index in [4.69, 9.17) is 5.73 Å². The Bertz CT molecular complexity index is 343. The van der Waals surface area contributed by atoms with Gasteiger partial charge >= 0.3 is 0 Å². The first kappa shape index (κ1) is 12.2.